The quantitative estimate of drug-likeness (QED) is 0.670. The fourth-order valence-corrected chi connectivity index (χ4v) is 5.61. The number of carbonyl (C=O) groups excluding carboxylic acids is 1. The van der Waals surface area contributed by atoms with E-state index in [4.69, 9.17) is 4.52 Å². The van der Waals surface area contributed by atoms with Gasteiger partial charge >= 0.3 is 0 Å². The lowest BCUT2D eigenvalue weighted by Crippen LogP contribution is -2.38. The topological polar surface area (TPSA) is 83.7 Å². The highest BCUT2D eigenvalue weighted by molar-refractivity contribution is 7.89. The first-order valence-corrected chi connectivity index (χ1v) is 12.1. The van der Waals surface area contributed by atoms with Gasteiger partial charge in [-0.2, -0.15) is 4.31 Å². The third kappa shape index (κ3) is 5.10. The van der Waals surface area contributed by atoms with Gasteiger partial charge in [0.15, 0.2) is 5.76 Å². The van der Waals surface area contributed by atoms with Crippen LogP contribution in [0.4, 0.5) is 0 Å². The molecule has 1 aromatic carbocycles. The van der Waals surface area contributed by atoms with Crippen molar-refractivity contribution in [3.63, 3.8) is 0 Å². The van der Waals surface area contributed by atoms with Gasteiger partial charge in [0, 0.05) is 26.2 Å². The molecule has 0 N–H and O–H groups in total. The molecule has 1 amide bonds. The summed E-state index contributed by atoms with van der Waals surface area (Å²) >= 11 is 0. The van der Waals surface area contributed by atoms with Crippen molar-refractivity contribution in [2.75, 3.05) is 26.2 Å². The van der Waals surface area contributed by atoms with Crippen molar-refractivity contribution >= 4 is 15.9 Å². The van der Waals surface area contributed by atoms with Crippen LogP contribution in [0.5, 0.6) is 0 Å². The molecule has 0 radical (unpaired) electrons. The molecule has 8 heteroatoms. The lowest BCUT2D eigenvalue weighted by atomic mass is 10.0. The largest absolute Gasteiger partial charge is 0.360 e. The van der Waals surface area contributed by atoms with E-state index in [-0.39, 0.29) is 17.3 Å². The molecule has 0 bridgehead atoms. The molecule has 1 fully saturated rings. The first-order valence-electron chi connectivity index (χ1n) is 10.6. The van der Waals surface area contributed by atoms with Gasteiger partial charge in [-0.05, 0) is 44.2 Å². The molecule has 1 saturated heterocycles. The SMILES string of the molecule is CCCCc1ccc(CC(=O)N2CCCN(S(=O)(=O)c3c(C)noc3C)CC2)cc1. The second kappa shape index (κ2) is 9.75. The molecule has 0 atom stereocenters. The molecule has 2 aromatic rings. The van der Waals surface area contributed by atoms with Crippen LogP contribution >= 0.6 is 0 Å². The van der Waals surface area contributed by atoms with Crippen molar-refractivity contribution in [1.29, 1.82) is 0 Å². The molecule has 1 aromatic heterocycles. The predicted molar refractivity (Wildman–Crippen MR) is 115 cm³/mol. The zero-order valence-corrected chi connectivity index (χ0v) is 18.9. The fraction of sp³-hybridized carbons (Fsp3) is 0.545. The Hall–Kier alpha value is -2.19. The summed E-state index contributed by atoms with van der Waals surface area (Å²) in [5.74, 6) is 0.333. The number of rotatable bonds is 7. The van der Waals surface area contributed by atoms with Crippen LogP contribution < -0.4 is 0 Å². The van der Waals surface area contributed by atoms with E-state index >= 15 is 0 Å². The van der Waals surface area contributed by atoms with Crippen LogP contribution in [0.1, 0.15) is 48.8 Å². The standard InChI is InChI=1S/C22H31N3O4S/c1-4-5-7-19-8-10-20(11-9-19)16-21(26)24-12-6-13-25(15-14-24)30(27,28)22-17(2)23-29-18(22)3/h8-11H,4-7,12-16H2,1-3H3. The van der Waals surface area contributed by atoms with Crippen molar-refractivity contribution in [2.45, 2.75) is 57.8 Å². The highest BCUT2D eigenvalue weighted by Gasteiger charge is 2.32. The summed E-state index contributed by atoms with van der Waals surface area (Å²) in [6.45, 7) is 7.00. The Kier molecular flexibility index (Phi) is 7.31. The van der Waals surface area contributed by atoms with Crippen LogP contribution in [0.2, 0.25) is 0 Å². The molecule has 0 unspecified atom stereocenters. The van der Waals surface area contributed by atoms with Gasteiger partial charge in [-0.25, -0.2) is 8.42 Å². The minimum Gasteiger partial charge on any atom is -0.360 e. The summed E-state index contributed by atoms with van der Waals surface area (Å²) in [5.41, 5.74) is 2.65. The molecule has 3 rings (SSSR count). The average Bonchev–Trinajstić information content (AvgIpc) is 2.92. The Morgan fingerprint density at radius 1 is 1.07 bits per heavy atom. The van der Waals surface area contributed by atoms with Crippen molar-refractivity contribution in [3.8, 4) is 0 Å². The summed E-state index contributed by atoms with van der Waals surface area (Å²) < 4.78 is 32.6. The van der Waals surface area contributed by atoms with Gasteiger partial charge in [0.1, 0.15) is 10.6 Å². The monoisotopic (exact) mass is 433 g/mol. The number of aromatic nitrogens is 1. The molecule has 1 aliphatic heterocycles. The Balaban J connectivity index is 1.61. The number of carbonyl (C=O) groups is 1. The van der Waals surface area contributed by atoms with Gasteiger partial charge < -0.3 is 9.42 Å². The molecule has 0 aliphatic carbocycles. The predicted octanol–water partition coefficient (Wildman–Crippen LogP) is 3.10. The molecule has 30 heavy (non-hydrogen) atoms. The summed E-state index contributed by atoms with van der Waals surface area (Å²) in [6.07, 6.45) is 4.33. The van der Waals surface area contributed by atoms with Crippen LogP contribution in [0.15, 0.2) is 33.7 Å². The highest BCUT2D eigenvalue weighted by Crippen LogP contribution is 2.24. The second-order valence-corrected chi connectivity index (χ2v) is 9.76. The summed E-state index contributed by atoms with van der Waals surface area (Å²) in [6, 6.07) is 8.24. The van der Waals surface area contributed by atoms with Crippen LogP contribution in [-0.2, 0) is 27.7 Å². The normalized spacial score (nSPS) is 15.9. The van der Waals surface area contributed by atoms with E-state index in [1.165, 1.54) is 16.3 Å². The summed E-state index contributed by atoms with van der Waals surface area (Å²) in [4.78, 5) is 14.7. The first kappa shape index (κ1) is 22.5. The zero-order valence-electron chi connectivity index (χ0n) is 18.1. The van der Waals surface area contributed by atoms with Crippen molar-refractivity contribution < 1.29 is 17.7 Å². The van der Waals surface area contributed by atoms with Gasteiger partial charge in [0.05, 0.1) is 6.42 Å². The Bertz CT molecular complexity index is 947. The van der Waals surface area contributed by atoms with E-state index in [9.17, 15) is 13.2 Å². The molecule has 164 valence electrons. The van der Waals surface area contributed by atoms with Gasteiger partial charge in [0.2, 0.25) is 15.9 Å². The molecule has 1 aliphatic rings. The van der Waals surface area contributed by atoms with Crippen LogP contribution in [0.3, 0.4) is 0 Å². The third-order valence-electron chi connectivity index (χ3n) is 5.57. The summed E-state index contributed by atoms with van der Waals surface area (Å²) in [7, 11) is -3.68. The van der Waals surface area contributed by atoms with Crippen molar-refractivity contribution in [2.24, 2.45) is 0 Å². The second-order valence-electron chi connectivity index (χ2n) is 7.89. The van der Waals surface area contributed by atoms with Gasteiger partial charge in [0.25, 0.3) is 0 Å². The number of hydrogen-bond donors (Lipinski definition) is 0. The number of sulfonamides is 1. The molecular weight excluding hydrogens is 402 g/mol. The van der Waals surface area contributed by atoms with E-state index in [1.54, 1.807) is 18.7 Å². The first-order chi connectivity index (χ1) is 14.3. The molecule has 0 spiro atoms. The average molecular weight is 434 g/mol. The Morgan fingerprint density at radius 2 is 1.77 bits per heavy atom. The van der Waals surface area contributed by atoms with E-state index in [1.807, 2.05) is 12.1 Å². The van der Waals surface area contributed by atoms with E-state index in [0.717, 1.165) is 18.4 Å². The van der Waals surface area contributed by atoms with Crippen LogP contribution in [0.25, 0.3) is 0 Å². The summed E-state index contributed by atoms with van der Waals surface area (Å²) in [5, 5.41) is 3.77. The van der Waals surface area contributed by atoms with Gasteiger partial charge in [-0.1, -0.05) is 42.8 Å². The maximum Gasteiger partial charge on any atom is 0.248 e. The lowest BCUT2D eigenvalue weighted by molar-refractivity contribution is -0.130. The molecule has 7 nitrogen and oxygen atoms in total. The number of benzene rings is 1. The Labute approximate surface area is 179 Å². The van der Waals surface area contributed by atoms with E-state index < -0.39 is 10.0 Å². The van der Waals surface area contributed by atoms with Crippen LogP contribution in [0, 0.1) is 13.8 Å². The maximum atomic E-state index is 13.0. The lowest BCUT2D eigenvalue weighted by Gasteiger charge is -2.22. The molecular formula is C22H31N3O4S. The molecule has 2 heterocycles. The van der Waals surface area contributed by atoms with E-state index in [0.29, 0.717) is 43.9 Å². The highest BCUT2D eigenvalue weighted by atomic mass is 32.2. The minimum atomic E-state index is -3.68. The van der Waals surface area contributed by atoms with Crippen LogP contribution in [-0.4, -0.2) is 54.9 Å². The third-order valence-corrected chi connectivity index (χ3v) is 7.71. The number of aryl methyl sites for hydroxylation is 3. The number of unbranched alkanes of at least 4 members (excludes halogenated alkanes) is 1. The smallest absolute Gasteiger partial charge is 0.248 e. The number of nitrogens with zero attached hydrogens (tertiary/aromatic N) is 3. The minimum absolute atomic E-state index is 0.0351. The maximum absolute atomic E-state index is 13.0. The van der Waals surface area contributed by atoms with Gasteiger partial charge in [-0.3, -0.25) is 4.79 Å². The zero-order chi connectivity index (χ0) is 21.7. The fourth-order valence-electron chi connectivity index (χ4n) is 3.85. The van der Waals surface area contributed by atoms with E-state index in [2.05, 4.69) is 24.2 Å². The number of amides is 1. The van der Waals surface area contributed by atoms with Gasteiger partial charge in [-0.15, -0.1) is 0 Å². The number of hydrogen-bond acceptors (Lipinski definition) is 5. The molecule has 0 saturated carbocycles. The van der Waals surface area contributed by atoms with Crippen molar-refractivity contribution in [3.05, 3.63) is 46.8 Å². The van der Waals surface area contributed by atoms with Crippen molar-refractivity contribution in [1.82, 2.24) is 14.4 Å². The Morgan fingerprint density at radius 3 is 2.40 bits per heavy atom.